The lowest BCUT2D eigenvalue weighted by molar-refractivity contribution is 0.102. The molecule has 0 atom stereocenters. The van der Waals surface area contributed by atoms with Crippen molar-refractivity contribution in [3.63, 3.8) is 0 Å². The Labute approximate surface area is 167 Å². The summed E-state index contributed by atoms with van der Waals surface area (Å²) < 4.78 is 31.9. The van der Waals surface area contributed by atoms with Crippen molar-refractivity contribution in [3.8, 4) is 0 Å². The van der Waals surface area contributed by atoms with Crippen LogP contribution in [0.1, 0.15) is 42.1 Å². The van der Waals surface area contributed by atoms with Crippen LogP contribution in [0, 0.1) is 0 Å². The summed E-state index contributed by atoms with van der Waals surface area (Å²) in [5.74, 6) is -0.354. The van der Waals surface area contributed by atoms with Crippen LogP contribution in [0.3, 0.4) is 0 Å². The second-order valence-electron chi connectivity index (χ2n) is 6.53. The van der Waals surface area contributed by atoms with Crippen LogP contribution in [0.4, 0.5) is 5.69 Å². The van der Waals surface area contributed by atoms with Crippen molar-refractivity contribution in [1.82, 2.24) is 4.72 Å². The number of carbonyl (C=O) groups is 1. The molecule has 0 bridgehead atoms. The van der Waals surface area contributed by atoms with Gasteiger partial charge in [-0.25, -0.2) is 13.1 Å². The summed E-state index contributed by atoms with van der Waals surface area (Å²) in [6.45, 7) is 2.61. The maximum Gasteiger partial charge on any atom is 0.255 e. The molecule has 7 heteroatoms. The smallest absolute Gasteiger partial charge is 0.255 e. The van der Waals surface area contributed by atoms with E-state index in [1.54, 1.807) is 12.1 Å². The molecule has 0 saturated heterocycles. The first kappa shape index (κ1) is 22.1. The number of anilines is 1. The molecule has 152 valence electrons. The number of benzene rings is 2. The molecule has 0 aromatic heterocycles. The number of nitrogens with one attached hydrogen (secondary N) is 2. The molecule has 2 aromatic carbocycles. The molecule has 0 spiro atoms. The van der Waals surface area contributed by atoms with Gasteiger partial charge >= 0.3 is 0 Å². The van der Waals surface area contributed by atoms with E-state index in [0.717, 1.165) is 12.8 Å². The summed E-state index contributed by atoms with van der Waals surface area (Å²) in [6, 6.07) is 13.7. The molecule has 2 aromatic rings. The van der Waals surface area contributed by atoms with Gasteiger partial charge in [-0.15, -0.1) is 0 Å². The second-order valence-corrected chi connectivity index (χ2v) is 8.29. The Morgan fingerprint density at radius 3 is 2.50 bits per heavy atom. The zero-order chi connectivity index (χ0) is 20.4. The van der Waals surface area contributed by atoms with Gasteiger partial charge in [0.2, 0.25) is 10.0 Å². The molecular weight excluding hydrogens is 376 g/mol. The van der Waals surface area contributed by atoms with Gasteiger partial charge in [-0.2, -0.15) is 0 Å². The standard InChI is InChI=1S/C21H28N2O4S/c1-3-4-5-7-17-10-12-19(13-11-17)23-21(24)18-8-6-9-20(16-18)28(25,26)22-14-15-27-2/h6,8-13,16,22H,3-5,7,14-15H2,1-2H3,(H,23,24). The quantitative estimate of drug-likeness (QED) is 0.561. The number of rotatable bonds is 11. The molecule has 1 amide bonds. The van der Waals surface area contributed by atoms with E-state index in [1.165, 1.54) is 37.6 Å². The number of carbonyl (C=O) groups excluding carboxylic acids is 1. The average Bonchev–Trinajstić information content (AvgIpc) is 2.70. The van der Waals surface area contributed by atoms with Crippen LogP contribution in [-0.2, 0) is 21.2 Å². The van der Waals surface area contributed by atoms with Crippen molar-refractivity contribution in [2.75, 3.05) is 25.6 Å². The fourth-order valence-corrected chi connectivity index (χ4v) is 3.76. The lowest BCUT2D eigenvalue weighted by atomic mass is 10.1. The van der Waals surface area contributed by atoms with Gasteiger partial charge in [0.1, 0.15) is 0 Å². The predicted octanol–water partition coefficient (Wildman–Crippen LogP) is 3.60. The third-order valence-corrected chi connectivity index (χ3v) is 5.74. The predicted molar refractivity (Wildman–Crippen MR) is 111 cm³/mol. The van der Waals surface area contributed by atoms with Crippen LogP contribution in [0.15, 0.2) is 53.4 Å². The Morgan fingerprint density at radius 1 is 1.07 bits per heavy atom. The van der Waals surface area contributed by atoms with Gasteiger partial charge in [-0.05, 0) is 48.7 Å². The average molecular weight is 405 g/mol. The highest BCUT2D eigenvalue weighted by atomic mass is 32.2. The molecule has 0 aliphatic carbocycles. The van der Waals surface area contributed by atoms with E-state index < -0.39 is 10.0 Å². The highest BCUT2D eigenvalue weighted by Gasteiger charge is 2.16. The van der Waals surface area contributed by atoms with E-state index in [-0.39, 0.29) is 29.5 Å². The molecule has 0 radical (unpaired) electrons. The van der Waals surface area contributed by atoms with E-state index in [0.29, 0.717) is 5.69 Å². The number of sulfonamides is 1. The van der Waals surface area contributed by atoms with Crippen LogP contribution in [0.2, 0.25) is 0 Å². The van der Waals surface area contributed by atoms with Crippen molar-refractivity contribution in [1.29, 1.82) is 0 Å². The Balaban J connectivity index is 2.02. The fraction of sp³-hybridized carbons (Fsp3) is 0.381. The van der Waals surface area contributed by atoms with E-state index in [1.807, 2.05) is 24.3 Å². The second kappa shape index (κ2) is 10.9. The summed E-state index contributed by atoms with van der Waals surface area (Å²) in [5, 5.41) is 2.81. The van der Waals surface area contributed by atoms with E-state index in [4.69, 9.17) is 4.74 Å². The molecule has 0 unspecified atom stereocenters. The Hall–Kier alpha value is -2.22. The highest BCUT2D eigenvalue weighted by Crippen LogP contribution is 2.16. The van der Waals surface area contributed by atoms with Crippen LogP contribution in [0.25, 0.3) is 0 Å². The van der Waals surface area contributed by atoms with Crippen molar-refractivity contribution in [3.05, 3.63) is 59.7 Å². The number of hydrogen-bond acceptors (Lipinski definition) is 4. The van der Waals surface area contributed by atoms with Gasteiger partial charge < -0.3 is 10.1 Å². The molecule has 0 saturated carbocycles. The zero-order valence-corrected chi connectivity index (χ0v) is 17.2. The Bertz CT molecular complexity index is 864. The molecule has 0 heterocycles. The first-order valence-electron chi connectivity index (χ1n) is 9.45. The SMILES string of the molecule is CCCCCc1ccc(NC(=O)c2cccc(S(=O)(=O)NCCOC)c2)cc1. The first-order valence-corrected chi connectivity index (χ1v) is 10.9. The molecule has 2 rings (SSSR count). The van der Waals surface area contributed by atoms with Gasteiger partial charge in [0, 0.05) is 24.9 Å². The number of hydrogen-bond donors (Lipinski definition) is 2. The monoisotopic (exact) mass is 404 g/mol. The van der Waals surface area contributed by atoms with Crippen molar-refractivity contribution in [2.24, 2.45) is 0 Å². The number of amides is 1. The highest BCUT2D eigenvalue weighted by molar-refractivity contribution is 7.89. The van der Waals surface area contributed by atoms with Crippen LogP contribution in [-0.4, -0.2) is 34.6 Å². The topological polar surface area (TPSA) is 84.5 Å². The van der Waals surface area contributed by atoms with Crippen LogP contribution in [0.5, 0.6) is 0 Å². The van der Waals surface area contributed by atoms with Crippen molar-refractivity contribution < 1.29 is 17.9 Å². The number of ether oxygens (including phenoxy) is 1. The van der Waals surface area contributed by atoms with Gasteiger partial charge in [-0.1, -0.05) is 38.0 Å². The molecule has 28 heavy (non-hydrogen) atoms. The lowest BCUT2D eigenvalue weighted by Crippen LogP contribution is -2.27. The minimum atomic E-state index is -3.69. The largest absolute Gasteiger partial charge is 0.383 e. The van der Waals surface area contributed by atoms with Gasteiger partial charge in [0.25, 0.3) is 5.91 Å². The van der Waals surface area contributed by atoms with Crippen LogP contribution >= 0.6 is 0 Å². The molecule has 0 aliphatic rings. The summed E-state index contributed by atoms with van der Waals surface area (Å²) in [7, 11) is -2.19. The van der Waals surface area contributed by atoms with Gasteiger partial charge in [-0.3, -0.25) is 4.79 Å². The van der Waals surface area contributed by atoms with Crippen molar-refractivity contribution >= 4 is 21.6 Å². The normalized spacial score (nSPS) is 11.4. The summed E-state index contributed by atoms with van der Waals surface area (Å²) in [4.78, 5) is 12.5. The number of methoxy groups -OCH3 is 1. The van der Waals surface area contributed by atoms with E-state index in [2.05, 4.69) is 17.0 Å². The number of aryl methyl sites for hydroxylation is 1. The molecule has 0 aliphatic heterocycles. The minimum Gasteiger partial charge on any atom is -0.383 e. The molecule has 6 nitrogen and oxygen atoms in total. The Morgan fingerprint density at radius 2 is 1.82 bits per heavy atom. The maximum absolute atomic E-state index is 12.5. The van der Waals surface area contributed by atoms with Crippen molar-refractivity contribution in [2.45, 2.75) is 37.5 Å². The van der Waals surface area contributed by atoms with E-state index in [9.17, 15) is 13.2 Å². The van der Waals surface area contributed by atoms with E-state index >= 15 is 0 Å². The van der Waals surface area contributed by atoms with Gasteiger partial charge in [0.15, 0.2) is 0 Å². The minimum absolute atomic E-state index is 0.0440. The third-order valence-electron chi connectivity index (χ3n) is 4.29. The van der Waals surface area contributed by atoms with Gasteiger partial charge in [0.05, 0.1) is 11.5 Å². The lowest BCUT2D eigenvalue weighted by Gasteiger charge is -2.09. The molecular formula is C21H28N2O4S. The van der Waals surface area contributed by atoms with Crippen LogP contribution < -0.4 is 10.0 Å². The number of unbranched alkanes of at least 4 members (excludes halogenated alkanes) is 2. The molecule has 2 N–H and O–H groups in total. The fourth-order valence-electron chi connectivity index (χ4n) is 2.70. The maximum atomic E-state index is 12.5. The summed E-state index contributed by atoms with van der Waals surface area (Å²) in [6.07, 6.45) is 4.57. The zero-order valence-electron chi connectivity index (χ0n) is 16.4. The third kappa shape index (κ3) is 6.74. The summed E-state index contributed by atoms with van der Waals surface area (Å²) in [5.41, 5.74) is 2.19. The Kier molecular flexibility index (Phi) is 8.63. The first-order chi connectivity index (χ1) is 13.5. The molecule has 0 fully saturated rings. The summed E-state index contributed by atoms with van der Waals surface area (Å²) >= 11 is 0.